The SMILES string of the molecule is CSc1nc(Cl)c(CC=O)c(Nc2ccccc2)n1. The number of anilines is 2. The fourth-order valence-electron chi connectivity index (χ4n) is 1.55. The number of nitrogens with zero attached hydrogens (tertiary/aromatic N) is 2. The van der Waals surface area contributed by atoms with Crippen molar-refractivity contribution in [3.05, 3.63) is 41.0 Å². The van der Waals surface area contributed by atoms with Crippen molar-refractivity contribution in [1.29, 1.82) is 0 Å². The average Bonchev–Trinajstić information content (AvgIpc) is 2.43. The second-order valence-electron chi connectivity index (χ2n) is 3.69. The first kappa shape index (κ1) is 13.8. The number of carbonyl (C=O) groups excluding carboxylic acids is 1. The molecule has 0 unspecified atom stereocenters. The zero-order valence-electron chi connectivity index (χ0n) is 10.3. The van der Waals surface area contributed by atoms with Gasteiger partial charge in [-0.1, -0.05) is 41.6 Å². The molecule has 0 saturated carbocycles. The van der Waals surface area contributed by atoms with Crippen LogP contribution in [0.15, 0.2) is 35.5 Å². The summed E-state index contributed by atoms with van der Waals surface area (Å²) in [5.41, 5.74) is 1.50. The zero-order chi connectivity index (χ0) is 13.7. The lowest BCUT2D eigenvalue weighted by Crippen LogP contribution is -2.04. The van der Waals surface area contributed by atoms with E-state index in [9.17, 15) is 4.79 Å². The predicted molar refractivity (Wildman–Crippen MR) is 78.3 cm³/mol. The Kier molecular flexibility index (Phi) is 4.76. The highest BCUT2D eigenvalue weighted by molar-refractivity contribution is 7.98. The lowest BCUT2D eigenvalue weighted by atomic mass is 10.2. The van der Waals surface area contributed by atoms with Gasteiger partial charge in [0.2, 0.25) is 0 Å². The second-order valence-corrected chi connectivity index (χ2v) is 4.82. The number of rotatable bonds is 5. The summed E-state index contributed by atoms with van der Waals surface area (Å²) in [6, 6.07) is 9.59. The summed E-state index contributed by atoms with van der Waals surface area (Å²) < 4.78 is 0. The van der Waals surface area contributed by atoms with Crippen LogP contribution < -0.4 is 5.32 Å². The van der Waals surface area contributed by atoms with Crippen LogP contribution in [-0.2, 0) is 11.2 Å². The number of carbonyl (C=O) groups is 1. The largest absolute Gasteiger partial charge is 0.340 e. The summed E-state index contributed by atoms with van der Waals surface area (Å²) in [6.45, 7) is 0. The van der Waals surface area contributed by atoms with Gasteiger partial charge in [-0.05, 0) is 18.4 Å². The van der Waals surface area contributed by atoms with E-state index in [4.69, 9.17) is 11.6 Å². The molecule has 0 bridgehead atoms. The first-order valence-corrected chi connectivity index (χ1v) is 7.21. The maximum absolute atomic E-state index is 10.7. The summed E-state index contributed by atoms with van der Waals surface area (Å²) >= 11 is 7.49. The number of hydrogen-bond acceptors (Lipinski definition) is 5. The summed E-state index contributed by atoms with van der Waals surface area (Å²) in [7, 11) is 0. The van der Waals surface area contributed by atoms with E-state index in [-0.39, 0.29) is 6.42 Å². The van der Waals surface area contributed by atoms with Crippen LogP contribution in [0.25, 0.3) is 0 Å². The van der Waals surface area contributed by atoms with E-state index < -0.39 is 0 Å². The van der Waals surface area contributed by atoms with Crippen molar-refractivity contribution < 1.29 is 4.79 Å². The molecule has 2 aromatic rings. The minimum Gasteiger partial charge on any atom is -0.340 e. The van der Waals surface area contributed by atoms with Crippen LogP contribution in [0.2, 0.25) is 5.15 Å². The molecular formula is C13H12ClN3OS. The van der Waals surface area contributed by atoms with E-state index in [1.165, 1.54) is 11.8 Å². The van der Waals surface area contributed by atoms with E-state index in [1.54, 1.807) is 0 Å². The Balaban J connectivity index is 2.41. The molecule has 6 heteroatoms. The number of para-hydroxylation sites is 1. The minimum atomic E-state index is 0.183. The summed E-state index contributed by atoms with van der Waals surface area (Å²) in [5.74, 6) is 0.572. The van der Waals surface area contributed by atoms with Crippen LogP contribution in [0.4, 0.5) is 11.5 Å². The molecule has 0 aliphatic heterocycles. The maximum atomic E-state index is 10.7. The molecule has 1 aromatic heterocycles. The Hall–Kier alpha value is -1.59. The Labute approximate surface area is 120 Å². The van der Waals surface area contributed by atoms with E-state index in [0.717, 1.165) is 12.0 Å². The van der Waals surface area contributed by atoms with Crippen molar-refractivity contribution in [2.45, 2.75) is 11.6 Å². The number of nitrogens with one attached hydrogen (secondary N) is 1. The van der Waals surface area contributed by atoms with Crippen LogP contribution in [0.1, 0.15) is 5.56 Å². The highest BCUT2D eigenvalue weighted by atomic mass is 35.5. The van der Waals surface area contributed by atoms with Crippen molar-refractivity contribution in [2.24, 2.45) is 0 Å². The maximum Gasteiger partial charge on any atom is 0.190 e. The van der Waals surface area contributed by atoms with Crippen LogP contribution in [0.3, 0.4) is 0 Å². The lowest BCUT2D eigenvalue weighted by Gasteiger charge is -2.11. The fraction of sp³-hybridized carbons (Fsp3) is 0.154. The molecular weight excluding hydrogens is 282 g/mol. The molecule has 0 aliphatic carbocycles. The van der Waals surface area contributed by atoms with E-state index >= 15 is 0 Å². The van der Waals surface area contributed by atoms with Gasteiger partial charge < -0.3 is 10.1 Å². The first-order valence-electron chi connectivity index (χ1n) is 5.60. The zero-order valence-corrected chi connectivity index (χ0v) is 11.8. The number of halogens is 1. The highest BCUT2D eigenvalue weighted by Gasteiger charge is 2.12. The Morgan fingerprint density at radius 1 is 1.32 bits per heavy atom. The molecule has 0 spiro atoms. The smallest absolute Gasteiger partial charge is 0.190 e. The normalized spacial score (nSPS) is 10.2. The van der Waals surface area contributed by atoms with Crippen molar-refractivity contribution in [1.82, 2.24) is 9.97 Å². The topological polar surface area (TPSA) is 54.9 Å². The van der Waals surface area contributed by atoms with Gasteiger partial charge in [0.15, 0.2) is 5.16 Å². The molecule has 1 aromatic carbocycles. The molecule has 0 atom stereocenters. The Morgan fingerprint density at radius 3 is 2.68 bits per heavy atom. The van der Waals surface area contributed by atoms with Gasteiger partial charge >= 0.3 is 0 Å². The molecule has 0 amide bonds. The molecule has 0 radical (unpaired) electrons. The van der Waals surface area contributed by atoms with Crippen LogP contribution in [0, 0.1) is 0 Å². The van der Waals surface area contributed by atoms with Gasteiger partial charge in [0.05, 0.1) is 0 Å². The van der Waals surface area contributed by atoms with Gasteiger partial charge in [-0.25, -0.2) is 9.97 Å². The molecule has 98 valence electrons. The van der Waals surface area contributed by atoms with Crippen LogP contribution >= 0.6 is 23.4 Å². The van der Waals surface area contributed by atoms with Crippen molar-refractivity contribution in [3.63, 3.8) is 0 Å². The molecule has 2 rings (SSSR count). The standard InChI is InChI=1S/C13H12ClN3OS/c1-19-13-16-11(14)10(7-8-18)12(17-13)15-9-5-3-2-4-6-9/h2-6,8H,7H2,1H3,(H,15,16,17). The van der Waals surface area contributed by atoms with Gasteiger partial charge in [-0.15, -0.1) is 0 Å². The Morgan fingerprint density at radius 2 is 2.05 bits per heavy atom. The highest BCUT2D eigenvalue weighted by Crippen LogP contribution is 2.26. The van der Waals surface area contributed by atoms with Gasteiger partial charge in [-0.2, -0.15) is 0 Å². The average molecular weight is 294 g/mol. The molecule has 0 fully saturated rings. The molecule has 19 heavy (non-hydrogen) atoms. The third kappa shape index (κ3) is 3.45. The van der Waals surface area contributed by atoms with Crippen LogP contribution in [-0.4, -0.2) is 22.5 Å². The Bertz CT molecular complexity index is 578. The number of hydrogen-bond donors (Lipinski definition) is 1. The van der Waals surface area contributed by atoms with E-state index in [2.05, 4.69) is 15.3 Å². The molecule has 0 aliphatic rings. The fourth-order valence-corrected chi connectivity index (χ4v) is 2.22. The van der Waals surface area contributed by atoms with Crippen molar-refractivity contribution >= 4 is 41.2 Å². The third-order valence-electron chi connectivity index (χ3n) is 2.44. The molecule has 0 saturated heterocycles. The van der Waals surface area contributed by atoms with Gasteiger partial charge in [-0.3, -0.25) is 0 Å². The lowest BCUT2D eigenvalue weighted by molar-refractivity contribution is -0.107. The monoisotopic (exact) mass is 293 g/mol. The summed E-state index contributed by atoms with van der Waals surface area (Å²) in [4.78, 5) is 19.2. The molecule has 1 N–H and O–H groups in total. The van der Waals surface area contributed by atoms with E-state index in [0.29, 0.717) is 21.7 Å². The summed E-state index contributed by atoms with van der Waals surface area (Å²) in [6.07, 6.45) is 2.85. The minimum absolute atomic E-state index is 0.183. The van der Waals surface area contributed by atoms with Gasteiger partial charge in [0, 0.05) is 17.7 Å². The summed E-state index contributed by atoms with van der Waals surface area (Å²) in [5, 5.41) is 4.04. The number of thioether (sulfide) groups is 1. The molecule has 4 nitrogen and oxygen atoms in total. The van der Waals surface area contributed by atoms with E-state index in [1.807, 2.05) is 36.6 Å². The number of aromatic nitrogens is 2. The second kappa shape index (κ2) is 6.54. The first-order chi connectivity index (χ1) is 9.24. The van der Waals surface area contributed by atoms with Crippen molar-refractivity contribution in [3.8, 4) is 0 Å². The quantitative estimate of drug-likeness (QED) is 0.396. The predicted octanol–water partition coefficient (Wildman–Crippen LogP) is 3.34. The third-order valence-corrected chi connectivity index (χ3v) is 3.30. The number of aldehydes is 1. The van der Waals surface area contributed by atoms with Crippen LogP contribution in [0.5, 0.6) is 0 Å². The number of benzene rings is 1. The van der Waals surface area contributed by atoms with Crippen molar-refractivity contribution in [2.75, 3.05) is 11.6 Å². The van der Waals surface area contributed by atoms with Gasteiger partial charge in [0.25, 0.3) is 0 Å². The molecule has 1 heterocycles. The van der Waals surface area contributed by atoms with Gasteiger partial charge in [0.1, 0.15) is 17.3 Å².